The number of amides is 1. The molecule has 1 atom stereocenters. The van der Waals surface area contributed by atoms with E-state index in [0.29, 0.717) is 19.0 Å². The van der Waals surface area contributed by atoms with Crippen molar-refractivity contribution in [3.8, 4) is 11.5 Å². The van der Waals surface area contributed by atoms with E-state index in [0.717, 1.165) is 44.2 Å². The van der Waals surface area contributed by atoms with Gasteiger partial charge in [-0.15, -0.1) is 0 Å². The molecule has 30 heavy (non-hydrogen) atoms. The van der Waals surface area contributed by atoms with E-state index in [1.807, 2.05) is 24.3 Å². The van der Waals surface area contributed by atoms with E-state index in [2.05, 4.69) is 36.5 Å². The number of carbonyl (C=O) groups excluding carboxylic acids is 1. The van der Waals surface area contributed by atoms with Crippen LogP contribution in [-0.2, 0) is 11.3 Å². The molecule has 1 aliphatic heterocycles. The molecule has 3 N–H and O–H groups in total. The molecule has 1 saturated heterocycles. The number of hydrogen-bond donors (Lipinski definition) is 3. The van der Waals surface area contributed by atoms with Crippen molar-refractivity contribution in [1.82, 2.24) is 5.32 Å². The molecule has 0 aliphatic carbocycles. The van der Waals surface area contributed by atoms with E-state index in [4.69, 9.17) is 9.47 Å². The van der Waals surface area contributed by atoms with E-state index in [1.54, 1.807) is 19.1 Å². The van der Waals surface area contributed by atoms with Crippen LogP contribution in [0.15, 0.2) is 48.5 Å². The van der Waals surface area contributed by atoms with E-state index in [-0.39, 0.29) is 5.91 Å². The van der Waals surface area contributed by atoms with Crippen LogP contribution in [0.2, 0.25) is 0 Å². The van der Waals surface area contributed by atoms with Gasteiger partial charge in [0.1, 0.15) is 32.7 Å². The Labute approximate surface area is 179 Å². The molecule has 1 fully saturated rings. The Kier molecular flexibility index (Phi) is 8.11. The summed E-state index contributed by atoms with van der Waals surface area (Å²) in [5, 5.41) is 3.11. The van der Waals surface area contributed by atoms with Crippen molar-refractivity contribution >= 4 is 5.91 Å². The van der Waals surface area contributed by atoms with Crippen molar-refractivity contribution in [2.45, 2.75) is 19.4 Å². The van der Waals surface area contributed by atoms with Crippen molar-refractivity contribution < 1.29 is 24.1 Å². The summed E-state index contributed by atoms with van der Waals surface area (Å²) in [6, 6.07) is 16.5. The zero-order valence-electron chi connectivity index (χ0n) is 18.4. The lowest BCUT2D eigenvalue weighted by Crippen LogP contribution is -3.28. The fourth-order valence-electron chi connectivity index (χ4n) is 4.05. The third-order valence-electron chi connectivity index (χ3n) is 5.95. The number of hydrogen-bond acceptors (Lipinski definition) is 3. The number of carbonyl (C=O) groups is 1. The second kappa shape index (κ2) is 11.0. The first-order chi connectivity index (χ1) is 14.6. The largest absolute Gasteiger partial charge is 0.493 e. The average Bonchev–Trinajstić information content (AvgIpc) is 2.79. The van der Waals surface area contributed by atoms with Gasteiger partial charge in [0.05, 0.1) is 14.2 Å². The van der Waals surface area contributed by atoms with Crippen LogP contribution in [0.25, 0.3) is 0 Å². The fraction of sp³-hybridized carbons (Fsp3) is 0.458. The molecule has 6 nitrogen and oxygen atoms in total. The molecule has 1 amide bonds. The number of nitrogens with one attached hydrogen (secondary N) is 3. The van der Waals surface area contributed by atoms with Gasteiger partial charge in [0, 0.05) is 12.1 Å². The Morgan fingerprint density at radius 1 is 0.967 bits per heavy atom. The lowest BCUT2D eigenvalue weighted by molar-refractivity contribution is -1.02. The van der Waals surface area contributed by atoms with Gasteiger partial charge in [-0.25, -0.2) is 0 Å². The summed E-state index contributed by atoms with van der Waals surface area (Å²) in [6.45, 7) is 8.54. The molecular formula is C24H35N3O3+2. The highest BCUT2D eigenvalue weighted by atomic mass is 16.5. The number of methoxy groups -OCH3 is 2. The summed E-state index contributed by atoms with van der Waals surface area (Å²) in [5.74, 6) is 2.02. The number of benzene rings is 2. The maximum atomic E-state index is 12.4. The summed E-state index contributed by atoms with van der Waals surface area (Å²) in [5.41, 5.74) is 2.51. The second-order valence-corrected chi connectivity index (χ2v) is 8.16. The first kappa shape index (κ1) is 22.1. The van der Waals surface area contributed by atoms with Gasteiger partial charge in [-0.3, -0.25) is 4.79 Å². The third kappa shape index (κ3) is 6.21. The number of ether oxygens (including phenoxy) is 2. The highest BCUT2D eigenvalue weighted by molar-refractivity contribution is 5.76. The van der Waals surface area contributed by atoms with E-state index >= 15 is 0 Å². The van der Waals surface area contributed by atoms with Crippen LogP contribution in [0.4, 0.5) is 0 Å². The molecule has 1 aliphatic rings. The minimum Gasteiger partial charge on any atom is -0.493 e. The molecule has 1 heterocycles. The van der Waals surface area contributed by atoms with Gasteiger partial charge in [-0.2, -0.15) is 0 Å². The van der Waals surface area contributed by atoms with E-state index < -0.39 is 0 Å². The first-order valence-corrected chi connectivity index (χ1v) is 10.8. The molecule has 2 aromatic rings. The monoisotopic (exact) mass is 413 g/mol. The molecule has 0 aromatic heterocycles. The van der Waals surface area contributed by atoms with Crippen LogP contribution in [0, 0.1) is 0 Å². The maximum Gasteiger partial charge on any atom is 0.275 e. The van der Waals surface area contributed by atoms with Crippen molar-refractivity contribution in [3.05, 3.63) is 59.7 Å². The van der Waals surface area contributed by atoms with Gasteiger partial charge in [0.15, 0.2) is 18.0 Å². The van der Waals surface area contributed by atoms with Gasteiger partial charge in [-0.05, 0) is 29.7 Å². The van der Waals surface area contributed by atoms with Crippen LogP contribution in [-0.4, -0.2) is 59.4 Å². The highest BCUT2D eigenvalue weighted by Gasteiger charge is 2.25. The third-order valence-corrected chi connectivity index (χ3v) is 5.95. The van der Waals surface area contributed by atoms with Crippen molar-refractivity contribution in [2.24, 2.45) is 0 Å². The van der Waals surface area contributed by atoms with Gasteiger partial charge in [0.2, 0.25) is 0 Å². The van der Waals surface area contributed by atoms with E-state index in [1.165, 1.54) is 16.0 Å². The number of rotatable bonds is 9. The smallest absolute Gasteiger partial charge is 0.275 e. The van der Waals surface area contributed by atoms with Crippen LogP contribution >= 0.6 is 0 Å². The van der Waals surface area contributed by atoms with Gasteiger partial charge in [-0.1, -0.05) is 37.3 Å². The topological polar surface area (TPSA) is 56.4 Å². The molecule has 0 bridgehead atoms. The fourth-order valence-corrected chi connectivity index (χ4v) is 4.05. The quantitative estimate of drug-likeness (QED) is 0.539. The predicted molar refractivity (Wildman–Crippen MR) is 117 cm³/mol. The van der Waals surface area contributed by atoms with Crippen LogP contribution in [0.3, 0.4) is 0 Å². The minimum atomic E-state index is 0.149. The summed E-state index contributed by atoms with van der Waals surface area (Å²) in [4.78, 5) is 15.3. The standard InChI is InChI=1S/C24H33N3O3/c1-19(21-7-5-4-6-8-21)16-25-24(28)18-27-13-11-26(12-14-27)17-20-9-10-22(29-2)23(15-20)30-3/h4-10,15,19H,11-14,16-18H2,1-3H3,(H,25,28)/p+2/t19-/m1/s1. The van der Waals surface area contributed by atoms with Crippen molar-refractivity contribution in [3.63, 3.8) is 0 Å². The van der Waals surface area contributed by atoms with E-state index in [9.17, 15) is 4.79 Å². The Hall–Kier alpha value is -2.57. The minimum absolute atomic E-state index is 0.149. The Bertz CT molecular complexity index is 805. The normalized spacial score (nSPS) is 19.7. The lowest BCUT2D eigenvalue weighted by Gasteiger charge is -2.29. The average molecular weight is 414 g/mol. The van der Waals surface area contributed by atoms with Gasteiger partial charge >= 0.3 is 0 Å². The number of piperazine rings is 1. The van der Waals surface area contributed by atoms with Crippen molar-refractivity contribution in [2.75, 3.05) is 53.5 Å². The van der Waals surface area contributed by atoms with Crippen LogP contribution in [0.5, 0.6) is 11.5 Å². The summed E-state index contributed by atoms with van der Waals surface area (Å²) in [6.07, 6.45) is 0. The van der Waals surface area contributed by atoms with Crippen molar-refractivity contribution in [1.29, 1.82) is 0 Å². The number of quaternary nitrogens is 2. The Morgan fingerprint density at radius 3 is 2.30 bits per heavy atom. The molecule has 2 aromatic carbocycles. The van der Waals surface area contributed by atoms with Crippen LogP contribution in [0.1, 0.15) is 24.0 Å². The zero-order chi connectivity index (χ0) is 21.3. The SMILES string of the molecule is COc1ccc(C[NH+]2CC[NH+](CC(=O)NC[C@@H](C)c3ccccc3)CC2)cc1OC. The molecule has 3 rings (SSSR count). The highest BCUT2D eigenvalue weighted by Crippen LogP contribution is 2.27. The first-order valence-electron chi connectivity index (χ1n) is 10.8. The Morgan fingerprint density at radius 2 is 1.63 bits per heavy atom. The Balaban J connectivity index is 1.39. The lowest BCUT2D eigenvalue weighted by atomic mass is 10.0. The molecule has 162 valence electrons. The molecule has 6 heteroatoms. The van der Waals surface area contributed by atoms with Crippen LogP contribution < -0.4 is 24.6 Å². The molecule has 0 unspecified atom stereocenters. The molecule has 0 radical (unpaired) electrons. The molecule has 0 spiro atoms. The molecule has 0 saturated carbocycles. The predicted octanol–water partition coefficient (Wildman–Crippen LogP) is -0.0929. The molecular weight excluding hydrogens is 378 g/mol. The summed E-state index contributed by atoms with van der Waals surface area (Å²) >= 11 is 0. The second-order valence-electron chi connectivity index (χ2n) is 8.16. The maximum absolute atomic E-state index is 12.4. The summed E-state index contributed by atoms with van der Waals surface area (Å²) in [7, 11) is 3.32. The van der Waals surface area contributed by atoms with Gasteiger partial charge in [0.25, 0.3) is 5.91 Å². The summed E-state index contributed by atoms with van der Waals surface area (Å²) < 4.78 is 10.7. The van der Waals surface area contributed by atoms with Gasteiger partial charge < -0.3 is 24.6 Å². The zero-order valence-corrected chi connectivity index (χ0v) is 18.4.